The molecule has 29 heavy (non-hydrogen) atoms. The van der Waals surface area contributed by atoms with Crippen LogP contribution in [0.15, 0.2) is 51.8 Å². The van der Waals surface area contributed by atoms with Crippen LogP contribution in [-0.4, -0.2) is 45.3 Å². The lowest BCUT2D eigenvalue weighted by Crippen LogP contribution is -2.35. The van der Waals surface area contributed by atoms with E-state index in [-0.39, 0.29) is 11.4 Å². The standard InChI is InChI=1S/C20H23BrFN3O3S/c1-24(29(27,28)17-8-5-15(21)6-9-17)14-20(26)23-18-13-16(22)7-10-19(18)25-11-3-2-4-12-25/h5-10,13H,2-4,11-12,14H2,1H3,(H,23,26). The maximum Gasteiger partial charge on any atom is 0.243 e. The number of amides is 1. The van der Waals surface area contributed by atoms with Crippen LogP contribution in [0.1, 0.15) is 19.3 Å². The Labute approximate surface area is 178 Å². The van der Waals surface area contributed by atoms with Gasteiger partial charge in [-0.25, -0.2) is 12.8 Å². The Morgan fingerprint density at radius 3 is 2.45 bits per heavy atom. The van der Waals surface area contributed by atoms with E-state index in [4.69, 9.17) is 0 Å². The quantitative estimate of drug-likeness (QED) is 0.677. The van der Waals surface area contributed by atoms with Crippen molar-refractivity contribution in [2.75, 3.05) is 36.9 Å². The number of anilines is 2. The summed E-state index contributed by atoms with van der Waals surface area (Å²) in [7, 11) is -2.47. The number of piperidine rings is 1. The summed E-state index contributed by atoms with van der Waals surface area (Å²) >= 11 is 3.26. The highest BCUT2D eigenvalue weighted by Crippen LogP contribution is 2.29. The normalized spacial score (nSPS) is 14.8. The SMILES string of the molecule is CN(CC(=O)Nc1cc(F)ccc1N1CCCCC1)S(=O)(=O)c1ccc(Br)cc1. The van der Waals surface area contributed by atoms with Crippen LogP contribution < -0.4 is 10.2 Å². The topological polar surface area (TPSA) is 69.7 Å². The van der Waals surface area contributed by atoms with Gasteiger partial charge in [0.25, 0.3) is 0 Å². The van der Waals surface area contributed by atoms with Gasteiger partial charge in [-0.05, 0) is 61.7 Å². The van der Waals surface area contributed by atoms with E-state index in [1.807, 2.05) is 0 Å². The minimum absolute atomic E-state index is 0.0933. The smallest absolute Gasteiger partial charge is 0.243 e. The number of nitrogens with zero attached hydrogens (tertiary/aromatic N) is 2. The second-order valence-corrected chi connectivity index (χ2v) is 9.93. The highest BCUT2D eigenvalue weighted by Gasteiger charge is 2.24. The minimum atomic E-state index is -3.81. The predicted molar refractivity (Wildman–Crippen MR) is 115 cm³/mol. The second kappa shape index (κ2) is 9.23. The molecule has 0 radical (unpaired) electrons. The van der Waals surface area contributed by atoms with Crippen molar-refractivity contribution in [1.29, 1.82) is 0 Å². The first-order valence-corrected chi connectivity index (χ1v) is 11.6. The van der Waals surface area contributed by atoms with Crippen molar-refractivity contribution in [3.8, 4) is 0 Å². The molecule has 1 heterocycles. The molecular weight excluding hydrogens is 461 g/mol. The molecule has 156 valence electrons. The van der Waals surface area contributed by atoms with Crippen molar-refractivity contribution in [1.82, 2.24) is 4.31 Å². The Bertz CT molecular complexity index is 977. The summed E-state index contributed by atoms with van der Waals surface area (Å²) in [6.45, 7) is 1.30. The molecule has 0 unspecified atom stereocenters. The van der Waals surface area contributed by atoms with Crippen LogP contribution in [0.4, 0.5) is 15.8 Å². The maximum absolute atomic E-state index is 13.8. The first kappa shape index (κ1) is 21.7. The van der Waals surface area contributed by atoms with Gasteiger partial charge in [0.2, 0.25) is 15.9 Å². The summed E-state index contributed by atoms with van der Waals surface area (Å²) in [6.07, 6.45) is 3.23. The third-order valence-corrected chi connectivity index (χ3v) is 7.16. The predicted octanol–water partition coefficient (Wildman–Crippen LogP) is 3.84. The van der Waals surface area contributed by atoms with Crippen LogP contribution >= 0.6 is 15.9 Å². The minimum Gasteiger partial charge on any atom is -0.370 e. The van der Waals surface area contributed by atoms with E-state index in [1.165, 1.54) is 31.3 Å². The van der Waals surface area contributed by atoms with E-state index in [9.17, 15) is 17.6 Å². The Kier molecular flexibility index (Phi) is 6.92. The number of halogens is 2. The lowest BCUT2D eigenvalue weighted by Gasteiger charge is -2.30. The van der Waals surface area contributed by atoms with E-state index in [1.54, 1.807) is 18.2 Å². The van der Waals surface area contributed by atoms with Crippen LogP contribution in [0.3, 0.4) is 0 Å². The van der Waals surface area contributed by atoms with Gasteiger partial charge in [0.15, 0.2) is 0 Å². The first-order chi connectivity index (χ1) is 13.8. The molecule has 1 aliphatic heterocycles. The van der Waals surface area contributed by atoms with Crippen molar-refractivity contribution >= 4 is 43.2 Å². The lowest BCUT2D eigenvalue weighted by molar-refractivity contribution is -0.116. The van der Waals surface area contributed by atoms with Gasteiger partial charge < -0.3 is 10.2 Å². The van der Waals surface area contributed by atoms with Crippen LogP contribution in [0.2, 0.25) is 0 Å². The molecule has 2 aromatic rings. The number of hydrogen-bond donors (Lipinski definition) is 1. The van der Waals surface area contributed by atoms with Gasteiger partial charge in [0, 0.05) is 24.6 Å². The Balaban J connectivity index is 1.73. The molecule has 0 spiro atoms. The summed E-state index contributed by atoms with van der Waals surface area (Å²) in [5.74, 6) is -0.992. The van der Waals surface area contributed by atoms with Crippen molar-refractivity contribution in [2.45, 2.75) is 24.2 Å². The molecule has 2 aromatic carbocycles. The Morgan fingerprint density at radius 1 is 1.14 bits per heavy atom. The molecule has 1 aliphatic rings. The highest BCUT2D eigenvalue weighted by molar-refractivity contribution is 9.10. The molecule has 1 N–H and O–H groups in total. The molecule has 0 atom stereocenters. The molecule has 0 saturated carbocycles. The van der Waals surface area contributed by atoms with Gasteiger partial charge in [-0.1, -0.05) is 15.9 Å². The molecule has 1 amide bonds. The number of sulfonamides is 1. The molecule has 9 heteroatoms. The van der Waals surface area contributed by atoms with Crippen molar-refractivity contribution in [3.63, 3.8) is 0 Å². The van der Waals surface area contributed by atoms with Crippen molar-refractivity contribution in [2.24, 2.45) is 0 Å². The summed E-state index contributed by atoms with van der Waals surface area (Å²) in [5.41, 5.74) is 1.10. The summed E-state index contributed by atoms with van der Waals surface area (Å²) in [6, 6.07) is 10.5. The average molecular weight is 484 g/mol. The monoisotopic (exact) mass is 483 g/mol. The Hall–Kier alpha value is -1.97. The van der Waals surface area contributed by atoms with Gasteiger partial charge in [-0.3, -0.25) is 4.79 Å². The third kappa shape index (κ3) is 5.34. The number of hydrogen-bond acceptors (Lipinski definition) is 4. The largest absolute Gasteiger partial charge is 0.370 e. The van der Waals surface area contributed by atoms with Crippen LogP contribution in [0, 0.1) is 5.82 Å². The van der Waals surface area contributed by atoms with Gasteiger partial charge in [-0.2, -0.15) is 4.31 Å². The molecular formula is C20H23BrFN3O3S. The fourth-order valence-electron chi connectivity index (χ4n) is 3.28. The molecule has 0 aromatic heterocycles. The van der Waals surface area contributed by atoms with Gasteiger partial charge in [0.05, 0.1) is 22.8 Å². The maximum atomic E-state index is 13.8. The zero-order chi connectivity index (χ0) is 21.0. The lowest BCUT2D eigenvalue weighted by atomic mass is 10.1. The third-order valence-electron chi connectivity index (χ3n) is 4.82. The molecule has 6 nitrogen and oxygen atoms in total. The average Bonchev–Trinajstić information content (AvgIpc) is 2.69. The molecule has 3 rings (SSSR count). The van der Waals surface area contributed by atoms with Gasteiger partial charge >= 0.3 is 0 Å². The van der Waals surface area contributed by atoms with Crippen LogP contribution in [-0.2, 0) is 14.8 Å². The second-order valence-electron chi connectivity index (χ2n) is 6.97. The van der Waals surface area contributed by atoms with Crippen molar-refractivity contribution in [3.05, 3.63) is 52.8 Å². The number of nitrogens with one attached hydrogen (secondary N) is 1. The van der Waals surface area contributed by atoms with E-state index in [2.05, 4.69) is 26.1 Å². The number of likely N-dealkylation sites (N-methyl/N-ethyl adjacent to an activating group) is 1. The van der Waals surface area contributed by atoms with Crippen LogP contribution in [0.25, 0.3) is 0 Å². The number of rotatable bonds is 6. The number of carbonyl (C=O) groups excluding carboxylic acids is 1. The molecule has 0 bridgehead atoms. The van der Waals surface area contributed by atoms with Crippen molar-refractivity contribution < 1.29 is 17.6 Å². The van der Waals surface area contributed by atoms with Gasteiger partial charge in [-0.15, -0.1) is 0 Å². The molecule has 0 aliphatic carbocycles. The fraction of sp³-hybridized carbons (Fsp3) is 0.350. The summed E-state index contributed by atoms with van der Waals surface area (Å²) in [5, 5.41) is 2.68. The fourth-order valence-corrected chi connectivity index (χ4v) is 4.67. The molecule has 1 saturated heterocycles. The first-order valence-electron chi connectivity index (χ1n) is 9.33. The summed E-state index contributed by atoms with van der Waals surface area (Å²) in [4.78, 5) is 14.7. The van der Waals surface area contributed by atoms with Gasteiger partial charge in [0.1, 0.15) is 5.82 Å². The van der Waals surface area contributed by atoms with E-state index in [0.717, 1.165) is 46.8 Å². The van der Waals surface area contributed by atoms with Crippen LogP contribution in [0.5, 0.6) is 0 Å². The number of benzene rings is 2. The zero-order valence-electron chi connectivity index (χ0n) is 16.1. The summed E-state index contributed by atoms with van der Waals surface area (Å²) < 4.78 is 40.9. The highest BCUT2D eigenvalue weighted by atomic mass is 79.9. The Morgan fingerprint density at radius 2 is 1.79 bits per heavy atom. The van der Waals surface area contributed by atoms with E-state index in [0.29, 0.717) is 5.69 Å². The van der Waals surface area contributed by atoms with E-state index < -0.39 is 21.7 Å². The number of carbonyl (C=O) groups is 1. The molecule has 1 fully saturated rings. The zero-order valence-corrected chi connectivity index (χ0v) is 18.5. The van der Waals surface area contributed by atoms with E-state index >= 15 is 0 Å².